The zero-order chi connectivity index (χ0) is 17.1. The third kappa shape index (κ3) is 3.11. The van der Waals surface area contributed by atoms with Crippen LogP contribution in [-0.2, 0) is 9.59 Å². The highest BCUT2D eigenvalue weighted by Gasteiger charge is 2.38. The number of hydrogen-bond acceptors (Lipinski definition) is 5. The topological polar surface area (TPSA) is 53.1 Å². The van der Waals surface area contributed by atoms with Crippen molar-refractivity contribution >= 4 is 17.5 Å². The van der Waals surface area contributed by atoms with Gasteiger partial charge in [-0.3, -0.25) is 19.4 Å². The molecule has 3 rings (SSSR count). The number of ether oxygens (including phenoxy) is 1. The van der Waals surface area contributed by atoms with Crippen LogP contribution >= 0.6 is 0 Å². The van der Waals surface area contributed by atoms with Gasteiger partial charge < -0.3 is 9.64 Å². The van der Waals surface area contributed by atoms with Crippen molar-refractivity contribution in [2.24, 2.45) is 0 Å². The number of carbonyl (C=O) groups excluding carboxylic acids is 2. The molecule has 2 fully saturated rings. The fourth-order valence-corrected chi connectivity index (χ4v) is 3.68. The minimum absolute atomic E-state index is 0.0287. The fraction of sp³-hybridized carbons (Fsp3) is 0.556. The molecule has 1 unspecified atom stereocenters. The Bertz CT molecular complexity index is 595. The molecule has 130 valence electrons. The second kappa shape index (κ2) is 7.21. The highest BCUT2D eigenvalue weighted by molar-refractivity contribution is 6.02. The molecule has 2 aliphatic rings. The van der Waals surface area contributed by atoms with E-state index in [0.29, 0.717) is 12.8 Å². The van der Waals surface area contributed by atoms with Gasteiger partial charge in [-0.15, -0.1) is 0 Å². The fourth-order valence-electron chi connectivity index (χ4n) is 3.68. The zero-order valence-electron chi connectivity index (χ0n) is 14.4. The smallest absolute Gasteiger partial charge is 0.231 e. The van der Waals surface area contributed by atoms with E-state index in [4.69, 9.17) is 4.74 Å². The Hall–Kier alpha value is -2.08. The largest absolute Gasteiger partial charge is 0.495 e. The van der Waals surface area contributed by atoms with Gasteiger partial charge in [0.25, 0.3) is 0 Å². The number of hydrogen-bond donors (Lipinski definition) is 0. The Morgan fingerprint density at radius 3 is 2.25 bits per heavy atom. The highest BCUT2D eigenvalue weighted by atomic mass is 16.5. The Morgan fingerprint density at radius 1 is 1.04 bits per heavy atom. The minimum Gasteiger partial charge on any atom is -0.495 e. The SMILES string of the molecule is CCC(N1CCN(c2ccccc2OC)CC1)N1C(=O)CCC1=O. The second-order valence-corrected chi connectivity index (χ2v) is 6.24. The third-order valence-corrected chi connectivity index (χ3v) is 4.91. The average Bonchev–Trinajstić information content (AvgIpc) is 2.95. The summed E-state index contributed by atoms with van der Waals surface area (Å²) in [5.41, 5.74) is 1.10. The van der Waals surface area contributed by atoms with Crippen LogP contribution in [0.2, 0.25) is 0 Å². The van der Waals surface area contributed by atoms with Gasteiger partial charge in [-0.25, -0.2) is 0 Å². The summed E-state index contributed by atoms with van der Waals surface area (Å²) in [7, 11) is 1.69. The third-order valence-electron chi connectivity index (χ3n) is 4.91. The minimum atomic E-state index is -0.104. The van der Waals surface area contributed by atoms with Crippen molar-refractivity contribution in [1.82, 2.24) is 9.80 Å². The monoisotopic (exact) mass is 331 g/mol. The van der Waals surface area contributed by atoms with Crippen molar-refractivity contribution in [3.05, 3.63) is 24.3 Å². The van der Waals surface area contributed by atoms with Crippen LogP contribution in [0.25, 0.3) is 0 Å². The van der Waals surface area contributed by atoms with Gasteiger partial charge in [-0.05, 0) is 18.6 Å². The molecule has 2 aliphatic heterocycles. The van der Waals surface area contributed by atoms with Crippen LogP contribution in [0.15, 0.2) is 24.3 Å². The first kappa shape index (κ1) is 16.8. The normalized spacial score (nSPS) is 20.6. The Morgan fingerprint density at radius 2 is 1.67 bits per heavy atom. The molecule has 0 radical (unpaired) electrons. The molecule has 0 bridgehead atoms. The summed E-state index contributed by atoms with van der Waals surface area (Å²) >= 11 is 0. The number of nitrogens with zero attached hydrogens (tertiary/aromatic N) is 3. The van der Waals surface area contributed by atoms with Gasteiger partial charge in [-0.2, -0.15) is 0 Å². The maximum absolute atomic E-state index is 12.0. The zero-order valence-corrected chi connectivity index (χ0v) is 14.4. The number of amides is 2. The molecule has 2 heterocycles. The number of rotatable bonds is 5. The lowest BCUT2D eigenvalue weighted by Crippen LogP contribution is -2.57. The lowest BCUT2D eigenvalue weighted by atomic mass is 10.2. The van der Waals surface area contributed by atoms with E-state index in [1.165, 1.54) is 4.90 Å². The summed E-state index contributed by atoms with van der Waals surface area (Å²) in [6.45, 7) is 5.40. The maximum atomic E-state index is 12.0. The molecule has 1 aromatic rings. The van der Waals surface area contributed by atoms with E-state index in [-0.39, 0.29) is 18.0 Å². The van der Waals surface area contributed by atoms with E-state index in [0.717, 1.165) is 44.0 Å². The number of methoxy groups -OCH3 is 1. The summed E-state index contributed by atoms with van der Waals surface area (Å²) in [6.07, 6.45) is 1.38. The molecule has 1 aromatic carbocycles. The second-order valence-electron chi connectivity index (χ2n) is 6.24. The van der Waals surface area contributed by atoms with Crippen molar-refractivity contribution in [2.75, 3.05) is 38.2 Å². The first-order chi connectivity index (χ1) is 11.7. The molecule has 0 aliphatic carbocycles. The molecular formula is C18H25N3O3. The standard InChI is InChI=1S/C18H25N3O3/c1-3-16(21-17(22)8-9-18(21)23)20-12-10-19(11-13-20)14-6-4-5-7-15(14)24-2/h4-7,16H,3,8-13H2,1-2H3. The van der Waals surface area contributed by atoms with Gasteiger partial charge in [0.1, 0.15) is 5.75 Å². The van der Waals surface area contributed by atoms with E-state index in [2.05, 4.69) is 15.9 Å². The molecule has 0 saturated carbocycles. The maximum Gasteiger partial charge on any atom is 0.231 e. The molecule has 6 heteroatoms. The van der Waals surface area contributed by atoms with Crippen LogP contribution in [0, 0.1) is 0 Å². The lowest BCUT2D eigenvalue weighted by Gasteiger charge is -2.42. The summed E-state index contributed by atoms with van der Waals surface area (Å²) in [6, 6.07) is 8.02. The first-order valence-corrected chi connectivity index (χ1v) is 8.62. The average molecular weight is 331 g/mol. The van der Waals surface area contributed by atoms with Crippen molar-refractivity contribution in [3.63, 3.8) is 0 Å². The molecule has 6 nitrogen and oxygen atoms in total. The molecule has 2 saturated heterocycles. The molecule has 0 spiro atoms. The van der Waals surface area contributed by atoms with Crippen LogP contribution in [0.3, 0.4) is 0 Å². The van der Waals surface area contributed by atoms with Crippen LogP contribution in [0.1, 0.15) is 26.2 Å². The van der Waals surface area contributed by atoms with Gasteiger partial charge >= 0.3 is 0 Å². The lowest BCUT2D eigenvalue weighted by molar-refractivity contribution is -0.146. The van der Waals surface area contributed by atoms with E-state index < -0.39 is 0 Å². The highest BCUT2D eigenvalue weighted by Crippen LogP contribution is 2.29. The molecular weight excluding hydrogens is 306 g/mol. The summed E-state index contributed by atoms with van der Waals surface area (Å²) < 4.78 is 5.45. The molecule has 24 heavy (non-hydrogen) atoms. The number of anilines is 1. The van der Waals surface area contributed by atoms with Gasteiger partial charge in [0.05, 0.1) is 19.0 Å². The number of likely N-dealkylation sites (tertiary alicyclic amines) is 1. The van der Waals surface area contributed by atoms with Gasteiger partial charge in [0.15, 0.2) is 0 Å². The van der Waals surface area contributed by atoms with E-state index in [9.17, 15) is 9.59 Å². The molecule has 0 aromatic heterocycles. The Balaban J connectivity index is 1.67. The quantitative estimate of drug-likeness (QED) is 0.769. The van der Waals surface area contributed by atoms with Crippen LogP contribution < -0.4 is 9.64 Å². The number of carbonyl (C=O) groups is 2. The Kier molecular flexibility index (Phi) is 5.04. The number of benzene rings is 1. The predicted molar refractivity (Wildman–Crippen MR) is 91.9 cm³/mol. The molecule has 1 atom stereocenters. The number of para-hydroxylation sites is 2. The van der Waals surface area contributed by atoms with Gasteiger partial charge in [0, 0.05) is 39.0 Å². The summed E-state index contributed by atoms with van der Waals surface area (Å²) in [5.74, 6) is 0.820. The van der Waals surface area contributed by atoms with Crippen LogP contribution in [-0.4, -0.2) is 61.1 Å². The van der Waals surface area contributed by atoms with Crippen molar-refractivity contribution in [2.45, 2.75) is 32.4 Å². The summed E-state index contributed by atoms with van der Waals surface area (Å²) in [4.78, 5) is 30.1. The van der Waals surface area contributed by atoms with Crippen LogP contribution in [0.4, 0.5) is 5.69 Å². The van der Waals surface area contributed by atoms with Crippen LogP contribution in [0.5, 0.6) is 5.75 Å². The van der Waals surface area contributed by atoms with Crippen molar-refractivity contribution < 1.29 is 14.3 Å². The molecule has 2 amide bonds. The van der Waals surface area contributed by atoms with Crippen molar-refractivity contribution in [1.29, 1.82) is 0 Å². The van der Waals surface area contributed by atoms with E-state index in [1.54, 1.807) is 7.11 Å². The van der Waals surface area contributed by atoms with Crippen molar-refractivity contribution in [3.8, 4) is 5.75 Å². The van der Waals surface area contributed by atoms with Gasteiger partial charge in [-0.1, -0.05) is 19.1 Å². The predicted octanol–water partition coefficient (Wildman–Crippen LogP) is 1.70. The number of piperazine rings is 1. The van der Waals surface area contributed by atoms with Gasteiger partial charge in [0.2, 0.25) is 11.8 Å². The number of imide groups is 1. The molecule has 0 N–H and O–H groups in total. The van der Waals surface area contributed by atoms with E-state index >= 15 is 0 Å². The van der Waals surface area contributed by atoms with E-state index in [1.807, 2.05) is 25.1 Å². The Labute approximate surface area is 143 Å². The summed E-state index contributed by atoms with van der Waals surface area (Å²) in [5, 5.41) is 0. The first-order valence-electron chi connectivity index (χ1n) is 8.62.